The zero-order valence-electron chi connectivity index (χ0n) is 15.0. The summed E-state index contributed by atoms with van der Waals surface area (Å²) in [5.41, 5.74) is 1.82. The van der Waals surface area contributed by atoms with Crippen LogP contribution < -0.4 is 5.63 Å². The Kier molecular flexibility index (Phi) is 5.32. The monoisotopic (exact) mass is 439 g/mol. The number of rotatable bonds is 6. The van der Waals surface area contributed by atoms with Crippen molar-refractivity contribution in [2.45, 2.75) is 19.6 Å². The number of furan rings is 1. The van der Waals surface area contributed by atoms with Crippen molar-refractivity contribution in [1.29, 1.82) is 0 Å². The number of para-hydroxylation sites is 1. The molecule has 2 aromatic carbocycles. The van der Waals surface area contributed by atoms with E-state index in [1.807, 2.05) is 36.4 Å². The van der Waals surface area contributed by atoms with Crippen molar-refractivity contribution in [3.63, 3.8) is 0 Å². The topological polar surface area (TPSA) is 66.8 Å². The van der Waals surface area contributed by atoms with Crippen LogP contribution in [0.25, 0.3) is 11.0 Å². The number of hydrogen-bond acceptors (Lipinski definition) is 5. The van der Waals surface area contributed by atoms with Gasteiger partial charge in [0.05, 0.1) is 12.8 Å². The fourth-order valence-electron chi connectivity index (χ4n) is 3.25. The van der Waals surface area contributed by atoms with Gasteiger partial charge in [-0.2, -0.15) is 0 Å². The van der Waals surface area contributed by atoms with Crippen LogP contribution in [0.4, 0.5) is 0 Å². The maximum absolute atomic E-state index is 12.1. The lowest BCUT2D eigenvalue weighted by Crippen LogP contribution is -2.23. The maximum atomic E-state index is 12.1. The molecule has 1 N–H and O–H groups in total. The van der Waals surface area contributed by atoms with Crippen molar-refractivity contribution in [2.75, 3.05) is 0 Å². The van der Waals surface area contributed by atoms with Gasteiger partial charge in [0.1, 0.15) is 17.1 Å². The first-order valence-electron chi connectivity index (χ1n) is 8.82. The van der Waals surface area contributed by atoms with Crippen molar-refractivity contribution in [3.8, 4) is 5.75 Å². The molecule has 0 amide bonds. The van der Waals surface area contributed by atoms with Gasteiger partial charge in [-0.25, -0.2) is 4.79 Å². The summed E-state index contributed by atoms with van der Waals surface area (Å²) in [6, 6.07) is 18.2. The molecule has 2 aromatic heterocycles. The van der Waals surface area contributed by atoms with Crippen LogP contribution in [0.2, 0.25) is 0 Å². The lowest BCUT2D eigenvalue weighted by molar-refractivity contribution is 0.224. The van der Waals surface area contributed by atoms with Gasteiger partial charge in [0.25, 0.3) is 0 Å². The molecular weight excluding hydrogens is 422 g/mol. The predicted octanol–water partition coefficient (Wildman–Crippen LogP) is 5.06. The van der Waals surface area contributed by atoms with Gasteiger partial charge in [0.2, 0.25) is 0 Å². The molecule has 4 aromatic rings. The SMILES string of the molecule is O=c1cc(CN(Cc2ccco2)Cc2ccccc2O)c2ccc(Br)cc2o1. The Hall–Kier alpha value is -2.83. The molecule has 142 valence electrons. The smallest absolute Gasteiger partial charge is 0.336 e. The lowest BCUT2D eigenvalue weighted by atomic mass is 10.1. The molecule has 0 atom stereocenters. The average molecular weight is 440 g/mol. The minimum absolute atomic E-state index is 0.244. The molecule has 0 radical (unpaired) electrons. The first-order valence-corrected chi connectivity index (χ1v) is 9.62. The second-order valence-electron chi connectivity index (χ2n) is 6.58. The van der Waals surface area contributed by atoms with E-state index in [0.29, 0.717) is 25.2 Å². The molecule has 0 saturated carbocycles. The van der Waals surface area contributed by atoms with Crippen LogP contribution in [0.1, 0.15) is 16.9 Å². The summed E-state index contributed by atoms with van der Waals surface area (Å²) in [6.07, 6.45) is 1.64. The number of hydrogen-bond donors (Lipinski definition) is 1. The summed E-state index contributed by atoms with van der Waals surface area (Å²) in [5, 5.41) is 11.1. The fourth-order valence-corrected chi connectivity index (χ4v) is 3.59. The Labute approximate surface area is 170 Å². The van der Waals surface area contributed by atoms with Crippen LogP contribution in [0.3, 0.4) is 0 Å². The van der Waals surface area contributed by atoms with Crippen molar-refractivity contribution in [1.82, 2.24) is 4.90 Å². The minimum atomic E-state index is -0.388. The highest BCUT2D eigenvalue weighted by Crippen LogP contribution is 2.25. The Balaban J connectivity index is 1.70. The molecule has 0 fully saturated rings. The van der Waals surface area contributed by atoms with Crippen LogP contribution in [0.15, 0.2) is 85.0 Å². The van der Waals surface area contributed by atoms with Crippen molar-refractivity contribution in [2.24, 2.45) is 0 Å². The van der Waals surface area contributed by atoms with E-state index in [1.165, 1.54) is 6.07 Å². The van der Waals surface area contributed by atoms with E-state index >= 15 is 0 Å². The summed E-state index contributed by atoms with van der Waals surface area (Å²) >= 11 is 3.41. The van der Waals surface area contributed by atoms with Gasteiger partial charge in [-0.3, -0.25) is 4.90 Å². The van der Waals surface area contributed by atoms with Crippen LogP contribution >= 0.6 is 15.9 Å². The summed E-state index contributed by atoms with van der Waals surface area (Å²) in [7, 11) is 0. The number of phenols is 1. The second-order valence-corrected chi connectivity index (χ2v) is 7.50. The van der Waals surface area contributed by atoms with E-state index < -0.39 is 0 Å². The van der Waals surface area contributed by atoms with Gasteiger partial charge in [-0.1, -0.05) is 34.1 Å². The summed E-state index contributed by atoms with van der Waals surface area (Å²) in [4.78, 5) is 14.2. The molecule has 6 heteroatoms. The van der Waals surface area contributed by atoms with Gasteiger partial charge in [-0.05, 0) is 42.0 Å². The quantitative estimate of drug-likeness (QED) is 0.425. The Bertz CT molecular complexity index is 1150. The standard InChI is InChI=1S/C22H18BrNO4/c23-17-7-8-19-16(10-22(26)28-21(19)11-17)13-24(14-18-5-3-9-27-18)12-15-4-1-2-6-20(15)25/h1-11,25H,12-14H2. The highest BCUT2D eigenvalue weighted by molar-refractivity contribution is 9.10. The zero-order valence-corrected chi connectivity index (χ0v) is 16.6. The number of phenolic OH excluding ortho intramolecular Hbond substituents is 1. The first kappa shape index (κ1) is 18.5. The molecular formula is C22H18BrNO4. The fraction of sp³-hybridized carbons (Fsp3) is 0.136. The summed E-state index contributed by atoms with van der Waals surface area (Å²) < 4.78 is 11.7. The Morgan fingerprint density at radius 2 is 1.75 bits per heavy atom. The third kappa shape index (κ3) is 4.18. The molecule has 0 spiro atoms. The third-order valence-corrected chi connectivity index (χ3v) is 5.02. The molecule has 28 heavy (non-hydrogen) atoms. The molecule has 0 aliphatic rings. The van der Waals surface area contributed by atoms with E-state index in [2.05, 4.69) is 20.8 Å². The number of nitrogens with zero attached hydrogens (tertiary/aromatic N) is 1. The lowest BCUT2D eigenvalue weighted by Gasteiger charge is -2.22. The number of halogens is 1. The highest BCUT2D eigenvalue weighted by atomic mass is 79.9. The van der Waals surface area contributed by atoms with Crippen molar-refractivity contribution >= 4 is 26.9 Å². The molecule has 0 aliphatic carbocycles. The van der Waals surface area contributed by atoms with E-state index in [-0.39, 0.29) is 11.4 Å². The van der Waals surface area contributed by atoms with Crippen molar-refractivity contribution < 1.29 is 13.9 Å². The summed E-state index contributed by atoms with van der Waals surface area (Å²) in [6.45, 7) is 1.55. The van der Waals surface area contributed by atoms with E-state index in [0.717, 1.165) is 26.7 Å². The van der Waals surface area contributed by atoms with Gasteiger partial charge in [0, 0.05) is 34.6 Å². The van der Waals surface area contributed by atoms with Crippen LogP contribution in [0.5, 0.6) is 5.75 Å². The number of aromatic hydroxyl groups is 1. The molecule has 0 unspecified atom stereocenters. The molecule has 0 bridgehead atoms. The van der Waals surface area contributed by atoms with E-state index in [1.54, 1.807) is 24.5 Å². The van der Waals surface area contributed by atoms with Gasteiger partial charge >= 0.3 is 5.63 Å². The molecule has 5 nitrogen and oxygen atoms in total. The molecule has 2 heterocycles. The third-order valence-electron chi connectivity index (χ3n) is 4.53. The number of fused-ring (bicyclic) bond motifs is 1. The maximum Gasteiger partial charge on any atom is 0.336 e. The molecule has 0 saturated heterocycles. The van der Waals surface area contributed by atoms with Gasteiger partial charge < -0.3 is 13.9 Å². The normalized spacial score (nSPS) is 11.4. The largest absolute Gasteiger partial charge is 0.508 e. The highest BCUT2D eigenvalue weighted by Gasteiger charge is 2.15. The van der Waals surface area contributed by atoms with Gasteiger partial charge in [-0.15, -0.1) is 0 Å². The summed E-state index contributed by atoms with van der Waals surface area (Å²) in [5.74, 6) is 1.05. The predicted molar refractivity (Wildman–Crippen MR) is 110 cm³/mol. The first-order chi connectivity index (χ1) is 13.6. The Morgan fingerprint density at radius 3 is 2.54 bits per heavy atom. The Morgan fingerprint density at radius 1 is 0.929 bits per heavy atom. The zero-order chi connectivity index (χ0) is 19.5. The average Bonchev–Trinajstić information content (AvgIpc) is 3.16. The van der Waals surface area contributed by atoms with Crippen LogP contribution in [-0.2, 0) is 19.6 Å². The van der Waals surface area contributed by atoms with Crippen LogP contribution in [0, 0.1) is 0 Å². The molecule has 4 rings (SSSR count). The minimum Gasteiger partial charge on any atom is -0.508 e. The van der Waals surface area contributed by atoms with E-state index in [4.69, 9.17) is 8.83 Å². The van der Waals surface area contributed by atoms with Gasteiger partial charge in [0.15, 0.2) is 0 Å². The van der Waals surface area contributed by atoms with E-state index in [9.17, 15) is 9.90 Å². The van der Waals surface area contributed by atoms with Crippen molar-refractivity contribution in [3.05, 3.63) is 98.7 Å². The van der Waals surface area contributed by atoms with Crippen LogP contribution in [-0.4, -0.2) is 10.0 Å². The molecule has 0 aliphatic heterocycles. The second kappa shape index (κ2) is 8.04. The number of benzene rings is 2.